The van der Waals surface area contributed by atoms with E-state index < -0.39 is 10.0 Å². The van der Waals surface area contributed by atoms with E-state index in [1.807, 2.05) is 77.0 Å². The van der Waals surface area contributed by atoms with Crippen LogP contribution < -0.4 is 4.31 Å². The SMILES string of the molecule is Cc1ccccc1S(=O)(=O)N(CC(C)N(C)C)c1c(C)cccc1C. The molecule has 4 nitrogen and oxygen atoms in total. The molecule has 0 bridgehead atoms. The van der Waals surface area contributed by atoms with Crippen LogP contribution in [0.25, 0.3) is 0 Å². The van der Waals surface area contributed by atoms with Crippen LogP contribution in [0.15, 0.2) is 47.4 Å². The highest BCUT2D eigenvalue weighted by molar-refractivity contribution is 7.92. The molecule has 0 saturated carbocycles. The van der Waals surface area contributed by atoms with E-state index in [0.717, 1.165) is 22.4 Å². The van der Waals surface area contributed by atoms with Gasteiger partial charge in [-0.05, 0) is 64.5 Å². The van der Waals surface area contributed by atoms with Crippen molar-refractivity contribution in [2.45, 2.75) is 38.6 Å². The fraction of sp³-hybridized carbons (Fsp3) is 0.400. The zero-order valence-electron chi connectivity index (χ0n) is 15.9. The summed E-state index contributed by atoms with van der Waals surface area (Å²) in [4.78, 5) is 2.40. The van der Waals surface area contributed by atoms with E-state index in [9.17, 15) is 8.42 Å². The number of anilines is 1. The van der Waals surface area contributed by atoms with Gasteiger partial charge in [0, 0.05) is 12.6 Å². The number of sulfonamides is 1. The molecule has 0 aliphatic rings. The van der Waals surface area contributed by atoms with Crippen LogP contribution in [-0.2, 0) is 10.0 Å². The molecule has 0 amide bonds. The number of aryl methyl sites for hydroxylation is 3. The predicted octanol–water partition coefficient (Wildman–Crippen LogP) is 3.76. The Morgan fingerprint density at radius 3 is 1.92 bits per heavy atom. The van der Waals surface area contributed by atoms with Crippen LogP contribution in [0.2, 0.25) is 0 Å². The van der Waals surface area contributed by atoms with Gasteiger partial charge in [0.2, 0.25) is 0 Å². The third-order valence-electron chi connectivity index (χ3n) is 4.66. The fourth-order valence-electron chi connectivity index (χ4n) is 2.88. The van der Waals surface area contributed by atoms with Crippen molar-refractivity contribution in [3.05, 3.63) is 59.2 Å². The molecule has 0 aliphatic heterocycles. The summed E-state index contributed by atoms with van der Waals surface area (Å²) in [6.07, 6.45) is 0. The maximum Gasteiger partial charge on any atom is 0.264 e. The average molecular weight is 361 g/mol. The molecular weight excluding hydrogens is 332 g/mol. The van der Waals surface area contributed by atoms with Crippen molar-refractivity contribution in [3.8, 4) is 0 Å². The van der Waals surface area contributed by atoms with Gasteiger partial charge < -0.3 is 4.90 Å². The van der Waals surface area contributed by atoms with Crippen LogP contribution in [0.1, 0.15) is 23.6 Å². The highest BCUT2D eigenvalue weighted by Gasteiger charge is 2.30. The van der Waals surface area contributed by atoms with Crippen molar-refractivity contribution in [1.29, 1.82) is 0 Å². The summed E-state index contributed by atoms with van der Waals surface area (Å²) in [5, 5.41) is 0. The molecule has 136 valence electrons. The van der Waals surface area contributed by atoms with Crippen molar-refractivity contribution < 1.29 is 8.42 Å². The quantitative estimate of drug-likeness (QED) is 0.787. The molecule has 0 heterocycles. The van der Waals surface area contributed by atoms with Gasteiger partial charge in [0.1, 0.15) is 0 Å². The molecule has 0 aromatic heterocycles. The van der Waals surface area contributed by atoms with Crippen molar-refractivity contribution in [3.63, 3.8) is 0 Å². The van der Waals surface area contributed by atoms with Crippen LogP contribution in [0.3, 0.4) is 0 Å². The predicted molar refractivity (Wildman–Crippen MR) is 105 cm³/mol. The first-order chi connectivity index (χ1) is 11.7. The number of likely N-dealkylation sites (N-methyl/N-ethyl adjacent to an activating group) is 1. The lowest BCUT2D eigenvalue weighted by Gasteiger charge is -2.32. The van der Waals surface area contributed by atoms with Gasteiger partial charge in [0.05, 0.1) is 10.6 Å². The van der Waals surface area contributed by atoms with E-state index in [4.69, 9.17) is 0 Å². The molecule has 2 aromatic rings. The molecule has 1 unspecified atom stereocenters. The molecule has 0 N–H and O–H groups in total. The lowest BCUT2D eigenvalue weighted by atomic mass is 10.1. The molecule has 0 aliphatic carbocycles. The van der Waals surface area contributed by atoms with Crippen molar-refractivity contribution in [2.24, 2.45) is 0 Å². The first-order valence-electron chi connectivity index (χ1n) is 8.47. The highest BCUT2D eigenvalue weighted by Crippen LogP contribution is 2.31. The van der Waals surface area contributed by atoms with Gasteiger partial charge in [-0.15, -0.1) is 0 Å². The summed E-state index contributed by atoms with van der Waals surface area (Å²) in [6, 6.07) is 13.1. The molecule has 5 heteroatoms. The van der Waals surface area contributed by atoms with E-state index in [1.54, 1.807) is 16.4 Å². The standard InChI is InChI=1S/C20H28N2O2S/c1-15-10-7-8-13-19(15)25(23,24)22(14-18(4)21(5)6)20-16(2)11-9-12-17(20)3/h7-13,18H,14H2,1-6H3. The van der Waals surface area contributed by atoms with E-state index in [-0.39, 0.29) is 6.04 Å². The second kappa shape index (κ2) is 7.58. The second-order valence-electron chi connectivity index (χ2n) is 6.85. The number of hydrogen-bond donors (Lipinski definition) is 0. The first-order valence-corrected chi connectivity index (χ1v) is 9.91. The molecule has 0 fully saturated rings. The zero-order valence-corrected chi connectivity index (χ0v) is 16.8. The lowest BCUT2D eigenvalue weighted by molar-refractivity contribution is 0.320. The van der Waals surface area contributed by atoms with Crippen LogP contribution >= 0.6 is 0 Å². The summed E-state index contributed by atoms with van der Waals surface area (Å²) < 4.78 is 28.6. The molecule has 0 spiro atoms. The van der Waals surface area contributed by atoms with Gasteiger partial charge >= 0.3 is 0 Å². The monoisotopic (exact) mass is 360 g/mol. The van der Waals surface area contributed by atoms with Crippen molar-refractivity contribution in [2.75, 3.05) is 24.9 Å². The minimum absolute atomic E-state index is 0.0813. The minimum atomic E-state index is -3.65. The molecule has 2 aromatic carbocycles. The number of para-hydroxylation sites is 1. The Hall–Kier alpha value is -1.85. The highest BCUT2D eigenvalue weighted by atomic mass is 32.2. The zero-order chi connectivity index (χ0) is 18.8. The summed E-state index contributed by atoms with van der Waals surface area (Å²) >= 11 is 0. The summed E-state index contributed by atoms with van der Waals surface area (Å²) in [5.74, 6) is 0. The van der Waals surface area contributed by atoms with Crippen molar-refractivity contribution >= 4 is 15.7 Å². The Balaban J connectivity index is 2.65. The third-order valence-corrected chi connectivity index (χ3v) is 6.59. The van der Waals surface area contributed by atoms with Gasteiger partial charge in [-0.25, -0.2) is 8.42 Å². The normalized spacial score (nSPS) is 13.1. The van der Waals surface area contributed by atoms with Crippen LogP contribution in [-0.4, -0.2) is 40.0 Å². The number of benzene rings is 2. The minimum Gasteiger partial charge on any atom is -0.305 e. The van der Waals surface area contributed by atoms with Crippen molar-refractivity contribution in [1.82, 2.24) is 4.90 Å². The number of rotatable bonds is 6. The topological polar surface area (TPSA) is 40.6 Å². The van der Waals surface area contributed by atoms with E-state index in [0.29, 0.717) is 11.4 Å². The maximum atomic E-state index is 13.5. The van der Waals surface area contributed by atoms with Gasteiger partial charge in [0.15, 0.2) is 0 Å². The number of hydrogen-bond acceptors (Lipinski definition) is 3. The lowest BCUT2D eigenvalue weighted by Crippen LogP contribution is -2.42. The summed E-state index contributed by atoms with van der Waals surface area (Å²) in [5.41, 5.74) is 3.46. The van der Waals surface area contributed by atoms with E-state index in [2.05, 4.69) is 0 Å². The van der Waals surface area contributed by atoms with Gasteiger partial charge in [-0.1, -0.05) is 36.4 Å². The van der Waals surface area contributed by atoms with Gasteiger partial charge in [0.25, 0.3) is 10.0 Å². The fourth-order valence-corrected chi connectivity index (χ4v) is 4.78. The molecule has 2 rings (SSSR count). The molecule has 25 heavy (non-hydrogen) atoms. The smallest absolute Gasteiger partial charge is 0.264 e. The largest absolute Gasteiger partial charge is 0.305 e. The van der Waals surface area contributed by atoms with Gasteiger partial charge in [-0.2, -0.15) is 0 Å². The molecule has 1 atom stereocenters. The second-order valence-corrected chi connectivity index (χ2v) is 8.69. The Morgan fingerprint density at radius 1 is 0.880 bits per heavy atom. The Kier molecular flexibility index (Phi) is 5.91. The van der Waals surface area contributed by atoms with Crippen LogP contribution in [0.4, 0.5) is 5.69 Å². The maximum absolute atomic E-state index is 13.5. The van der Waals surface area contributed by atoms with Gasteiger partial charge in [-0.3, -0.25) is 4.31 Å². The summed E-state index contributed by atoms with van der Waals surface area (Å²) in [6.45, 7) is 8.19. The Labute approximate surface area is 152 Å². The summed E-state index contributed by atoms with van der Waals surface area (Å²) in [7, 11) is 0.281. The molecular formula is C20H28N2O2S. The molecule has 0 saturated heterocycles. The third kappa shape index (κ3) is 4.05. The average Bonchev–Trinajstić information content (AvgIpc) is 2.53. The first kappa shape index (κ1) is 19.5. The Bertz CT molecular complexity index is 824. The van der Waals surface area contributed by atoms with E-state index in [1.165, 1.54) is 0 Å². The van der Waals surface area contributed by atoms with Crippen LogP contribution in [0, 0.1) is 20.8 Å². The van der Waals surface area contributed by atoms with Crippen LogP contribution in [0.5, 0.6) is 0 Å². The number of nitrogens with zero attached hydrogens (tertiary/aromatic N) is 2. The molecule has 0 radical (unpaired) electrons. The van der Waals surface area contributed by atoms with E-state index >= 15 is 0 Å². The Morgan fingerprint density at radius 2 is 1.40 bits per heavy atom.